The van der Waals surface area contributed by atoms with Crippen molar-refractivity contribution in [1.29, 1.82) is 0 Å². The fourth-order valence-electron chi connectivity index (χ4n) is 1.74. The molecule has 1 aliphatic heterocycles. The van der Waals surface area contributed by atoms with Gasteiger partial charge in [0.25, 0.3) is 0 Å². The van der Waals surface area contributed by atoms with E-state index in [1.165, 1.54) is 6.07 Å². The molecule has 1 heterocycles. The molecule has 0 saturated carbocycles. The Morgan fingerprint density at radius 2 is 2.29 bits per heavy atom. The number of amides is 1. The maximum absolute atomic E-state index is 13.2. The smallest absolute Gasteiger partial charge is 0.227 e. The lowest BCUT2D eigenvalue weighted by Crippen LogP contribution is -2.17. The van der Waals surface area contributed by atoms with Gasteiger partial charge in [-0.2, -0.15) is 0 Å². The minimum Gasteiger partial charge on any atom is -0.356 e. The van der Waals surface area contributed by atoms with E-state index in [0.29, 0.717) is 12.1 Å². The van der Waals surface area contributed by atoms with Gasteiger partial charge in [0.1, 0.15) is 5.82 Å². The Labute approximate surface area is 82.1 Å². The molecular formula is C11H12FNO. The van der Waals surface area contributed by atoms with E-state index in [0.717, 1.165) is 12.0 Å². The molecule has 1 N–H and O–H groups in total. The number of hydrogen-bond acceptors (Lipinski definition) is 1. The van der Waals surface area contributed by atoms with E-state index in [4.69, 9.17) is 0 Å². The van der Waals surface area contributed by atoms with Gasteiger partial charge in [-0.15, -0.1) is 0 Å². The van der Waals surface area contributed by atoms with Crippen molar-refractivity contribution < 1.29 is 9.18 Å². The lowest BCUT2D eigenvalue weighted by Gasteiger charge is -2.07. The monoisotopic (exact) mass is 193 g/mol. The third kappa shape index (κ3) is 1.50. The van der Waals surface area contributed by atoms with Crippen LogP contribution in [0.25, 0.3) is 0 Å². The van der Waals surface area contributed by atoms with Crippen LogP contribution in [0.15, 0.2) is 18.2 Å². The SMILES string of the molecule is Cc1ccc(C2CCNC2=O)cc1F. The van der Waals surface area contributed by atoms with Gasteiger partial charge >= 0.3 is 0 Å². The van der Waals surface area contributed by atoms with E-state index < -0.39 is 0 Å². The maximum atomic E-state index is 13.2. The summed E-state index contributed by atoms with van der Waals surface area (Å²) >= 11 is 0. The van der Waals surface area contributed by atoms with Gasteiger partial charge in [-0.25, -0.2) is 4.39 Å². The van der Waals surface area contributed by atoms with Gasteiger partial charge in [0.05, 0.1) is 5.92 Å². The zero-order valence-corrected chi connectivity index (χ0v) is 8.01. The highest BCUT2D eigenvalue weighted by molar-refractivity contribution is 5.85. The van der Waals surface area contributed by atoms with Crippen LogP contribution >= 0.6 is 0 Å². The van der Waals surface area contributed by atoms with Crippen LogP contribution in [0.3, 0.4) is 0 Å². The molecule has 1 aliphatic rings. The molecule has 74 valence electrons. The second-order valence-corrected chi connectivity index (χ2v) is 3.64. The molecule has 0 bridgehead atoms. The highest BCUT2D eigenvalue weighted by Crippen LogP contribution is 2.24. The number of halogens is 1. The van der Waals surface area contributed by atoms with Gasteiger partial charge in [-0.1, -0.05) is 12.1 Å². The normalized spacial score (nSPS) is 21.0. The molecule has 1 saturated heterocycles. The van der Waals surface area contributed by atoms with Crippen molar-refractivity contribution in [3.05, 3.63) is 35.1 Å². The molecule has 14 heavy (non-hydrogen) atoms. The van der Waals surface area contributed by atoms with Gasteiger partial charge in [-0.05, 0) is 30.5 Å². The fourth-order valence-corrected chi connectivity index (χ4v) is 1.74. The van der Waals surface area contributed by atoms with Crippen LogP contribution in [-0.2, 0) is 4.79 Å². The molecule has 1 unspecified atom stereocenters. The molecular weight excluding hydrogens is 181 g/mol. The summed E-state index contributed by atoms with van der Waals surface area (Å²) in [4.78, 5) is 11.3. The van der Waals surface area contributed by atoms with E-state index in [-0.39, 0.29) is 17.6 Å². The van der Waals surface area contributed by atoms with Crippen molar-refractivity contribution in [2.45, 2.75) is 19.3 Å². The molecule has 2 rings (SSSR count). The molecule has 2 nitrogen and oxygen atoms in total. The van der Waals surface area contributed by atoms with Crippen molar-refractivity contribution in [3.63, 3.8) is 0 Å². The first kappa shape index (κ1) is 9.19. The number of rotatable bonds is 1. The number of aryl methyl sites for hydroxylation is 1. The molecule has 1 aromatic rings. The highest BCUT2D eigenvalue weighted by atomic mass is 19.1. The highest BCUT2D eigenvalue weighted by Gasteiger charge is 2.25. The molecule has 3 heteroatoms. The average molecular weight is 193 g/mol. The van der Waals surface area contributed by atoms with E-state index in [2.05, 4.69) is 5.32 Å². The Bertz CT molecular complexity index is 376. The summed E-state index contributed by atoms with van der Waals surface area (Å²) in [5.74, 6) is -0.388. The zero-order valence-electron chi connectivity index (χ0n) is 8.01. The number of benzene rings is 1. The van der Waals surface area contributed by atoms with E-state index in [1.807, 2.05) is 6.07 Å². The van der Waals surface area contributed by atoms with Gasteiger partial charge in [0, 0.05) is 6.54 Å². The molecule has 1 fully saturated rings. The summed E-state index contributed by atoms with van der Waals surface area (Å²) in [6.45, 7) is 2.41. The van der Waals surface area contributed by atoms with Crippen molar-refractivity contribution in [1.82, 2.24) is 5.32 Å². The van der Waals surface area contributed by atoms with Gasteiger partial charge in [0.2, 0.25) is 5.91 Å². The van der Waals surface area contributed by atoms with Crippen molar-refractivity contribution in [2.24, 2.45) is 0 Å². The van der Waals surface area contributed by atoms with Gasteiger partial charge in [-0.3, -0.25) is 4.79 Å². The third-order valence-electron chi connectivity index (χ3n) is 2.65. The van der Waals surface area contributed by atoms with Crippen molar-refractivity contribution >= 4 is 5.91 Å². The predicted molar refractivity (Wildman–Crippen MR) is 51.5 cm³/mol. The van der Waals surface area contributed by atoms with Crippen LogP contribution < -0.4 is 5.32 Å². The maximum Gasteiger partial charge on any atom is 0.227 e. The summed E-state index contributed by atoms with van der Waals surface area (Å²) in [6.07, 6.45) is 0.765. The summed E-state index contributed by atoms with van der Waals surface area (Å²) in [5.41, 5.74) is 1.40. The molecule has 1 aromatic carbocycles. The third-order valence-corrected chi connectivity index (χ3v) is 2.65. The first-order chi connectivity index (χ1) is 6.68. The summed E-state index contributed by atoms with van der Waals surface area (Å²) in [7, 11) is 0. The zero-order chi connectivity index (χ0) is 10.1. The minimum absolute atomic E-state index is 0.00764. The Kier molecular flexibility index (Phi) is 2.23. The number of carbonyl (C=O) groups excluding carboxylic acids is 1. The quantitative estimate of drug-likeness (QED) is 0.723. The van der Waals surface area contributed by atoms with Crippen LogP contribution in [0.1, 0.15) is 23.5 Å². The average Bonchev–Trinajstić information content (AvgIpc) is 2.57. The van der Waals surface area contributed by atoms with Crippen LogP contribution in [0.2, 0.25) is 0 Å². The second kappa shape index (κ2) is 3.40. The van der Waals surface area contributed by atoms with Gasteiger partial charge < -0.3 is 5.32 Å². The second-order valence-electron chi connectivity index (χ2n) is 3.64. The molecule has 0 aliphatic carbocycles. The summed E-state index contributed by atoms with van der Waals surface area (Å²) in [5, 5.41) is 2.74. The Hall–Kier alpha value is -1.38. The Morgan fingerprint density at radius 1 is 1.50 bits per heavy atom. The van der Waals surface area contributed by atoms with Crippen molar-refractivity contribution in [3.8, 4) is 0 Å². The van der Waals surface area contributed by atoms with Crippen molar-refractivity contribution in [2.75, 3.05) is 6.54 Å². The Morgan fingerprint density at radius 3 is 2.86 bits per heavy atom. The van der Waals surface area contributed by atoms with Crippen LogP contribution in [0.5, 0.6) is 0 Å². The van der Waals surface area contributed by atoms with E-state index in [9.17, 15) is 9.18 Å². The fraction of sp³-hybridized carbons (Fsp3) is 0.364. The topological polar surface area (TPSA) is 29.1 Å². The largest absolute Gasteiger partial charge is 0.356 e. The Balaban J connectivity index is 2.32. The van der Waals surface area contributed by atoms with Crippen LogP contribution in [-0.4, -0.2) is 12.5 Å². The molecule has 1 amide bonds. The molecule has 0 spiro atoms. The number of carbonyl (C=O) groups is 1. The summed E-state index contributed by atoms with van der Waals surface area (Å²) < 4.78 is 13.2. The van der Waals surface area contributed by atoms with Crippen LogP contribution in [0, 0.1) is 12.7 Å². The van der Waals surface area contributed by atoms with E-state index in [1.54, 1.807) is 13.0 Å². The lowest BCUT2D eigenvalue weighted by molar-refractivity contribution is -0.120. The first-order valence-corrected chi connectivity index (χ1v) is 4.72. The molecule has 0 aromatic heterocycles. The minimum atomic E-state index is -0.234. The predicted octanol–water partition coefficient (Wildman–Crippen LogP) is 1.74. The first-order valence-electron chi connectivity index (χ1n) is 4.72. The van der Waals surface area contributed by atoms with E-state index >= 15 is 0 Å². The lowest BCUT2D eigenvalue weighted by atomic mass is 9.97. The number of hydrogen-bond donors (Lipinski definition) is 1. The number of nitrogens with one attached hydrogen (secondary N) is 1. The van der Waals surface area contributed by atoms with Gasteiger partial charge in [0.15, 0.2) is 0 Å². The molecule has 1 atom stereocenters. The molecule has 0 radical (unpaired) electrons. The van der Waals surface area contributed by atoms with Crippen LogP contribution in [0.4, 0.5) is 4.39 Å². The summed E-state index contributed by atoms with van der Waals surface area (Å²) in [6, 6.07) is 5.01. The standard InChI is InChI=1S/C11H12FNO/c1-7-2-3-8(6-10(7)12)9-4-5-13-11(9)14/h2-3,6,9H,4-5H2,1H3,(H,13,14).